The van der Waals surface area contributed by atoms with Crippen molar-refractivity contribution in [2.45, 2.75) is 44.6 Å². The first-order valence-electron chi connectivity index (χ1n) is 6.71. The van der Waals surface area contributed by atoms with Crippen molar-refractivity contribution in [1.29, 1.82) is 0 Å². The quantitative estimate of drug-likeness (QED) is 0.502. The average Bonchev–Trinajstić information content (AvgIpc) is 2.73. The first-order chi connectivity index (χ1) is 9.15. The van der Waals surface area contributed by atoms with Gasteiger partial charge in [-0.05, 0) is 32.1 Å². The fraction of sp³-hybridized carbons (Fsp3) is 0.615. The van der Waals surface area contributed by atoms with Gasteiger partial charge in [0.1, 0.15) is 6.04 Å². The Morgan fingerprint density at radius 1 is 1.37 bits per heavy atom. The molecule has 1 aliphatic heterocycles. The third kappa shape index (κ3) is 4.08. The lowest BCUT2D eigenvalue weighted by atomic mass is 9.99. The van der Waals surface area contributed by atoms with E-state index in [0.717, 1.165) is 12.8 Å². The minimum Gasteiger partial charge on any atom is -0.352 e. The van der Waals surface area contributed by atoms with E-state index in [1.807, 2.05) is 0 Å². The van der Waals surface area contributed by atoms with Gasteiger partial charge < -0.3 is 10.6 Å². The van der Waals surface area contributed by atoms with E-state index in [-0.39, 0.29) is 18.2 Å². The Morgan fingerprint density at radius 2 is 2.21 bits per heavy atom. The number of hydrogen-bond donors (Lipinski definition) is 3. The second-order valence-electron chi connectivity index (χ2n) is 4.94. The molecule has 1 aliphatic carbocycles. The summed E-state index contributed by atoms with van der Waals surface area (Å²) in [6.07, 6.45) is 7.34. The molecule has 104 valence electrons. The zero-order valence-corrected chi connectivity index (χ0v) is 10.8. The van der Waals surface area contributed by atoms with Gasteiger partial charge in [-0.1, -0.05) is 11.6 Å². The van der Waals surface area contributed by atoms with Gasteiger partial charge in [0, 0.05) is 13.0 Å². The van der Waals surface area contributed by atoms with Gasteiger partial charge in [0.15, 0.2) is 0 Å². The molecule has 2 rings (SSSR count). The van der Waals surface area contributed by atoms with Gasteiger partial charge in [0.25, 0.3) is 5.91 Å². The van der Waals surface area contributed by atoms with Gasteiger partial charge in [-0.15, -0.1) is 0 Å². The molecule has 0 bridgehead atoms. The summed E-state index contributed by atoms with van der Waals surface area (Å²) in [6.45, 7) is 0.599. The van der Waals surface area contributed by atoms with E-state index in [9.17, 15) is 14.4 Å². The van der Waals surface area contributed by atoms with Gasteiger partial charge in [0.05, 0.1) is 0 Å². The second-order valence-corrected chi connectivity index (χ2v) is 4.94. The van der Waals surface area contributed by atoms with E-state index in [4.69, 9.17) is 0 Å². The number of nitrogens with one attached hydrogen (secondary N) is 3. The molecule has 0 saturated carbocycles. The summed E-state index contributed by atoms with van der Waals surface area (Å²) >= 11 is 0. The van der Waals surface area contributed by atoms with Crippen LogP contribution in [0.5, 0.6) is 0 Å². The van der Waals surface area contributed by atoms with Gasteiger partial charge in [-0.3, -0.25) is 14.9 Å². The van der Waals surface area contributed by atoms with E-state index in [1.54, 1.807) is 0 Å². The number of carbonyl (C=O) groups excluding carboxylic acids is 3. The van der Waals surface area contributed by atoms with Gasteiger partial charge in [-0.25, -0.2) is 4.79 Å². The Bertz CT molecular complexity index is 417. The van der Waals surface area contributed by atoms with Crippen molar-refractivity contribution in [3.8, 4) is 0 Å². The van der Waals surface area contributed by atoms with Crippen LogP contribution in [0.1, 0.15) is 38.5 Å². The molecule has 0 aromatic rings. The van der Waals surface area contributed by atoms with Gasteiger partial charge in [0.2, 0.25) is 5.91 Å². The predicted octanol–water partition coefficient (Wildman–Crippen LogP) is 0.591. The lowest BCUT2D eigenvalue weighted by molar-refractivity contribution is -0.122. The zero-order valence-electron chi connectivity index (χ0n) is 10.8. The van der Waals surface area contributed by atoms with E-state index < -0.39 is 12.1 Å². The summed E-state index contributed by atoms with van der Waals surface area (Å²) in [5.41, 5.74) is 1.28. The molecule has 1 unspecified atom stereocenters. The number of hydrogen-bond acceptors (Lipinski definition) is 3. The third-order valence-corrected chi connectivity index (χ3v) is 3.42. The summed E-state index contributed by atoms with van der Waals surface area (Å²) in [4.78, 5) is 33.8. The predicted molar refractivity (Wildman–Crippen MR) is 69.3 cm³/mol. The van der Waals surface area contributed by atoms with Crippen LogP contribution in [0.4, 0.5) is 4.79 Å². The van der Waals surface area contributed by atoms with Crippen molar-refractivity contribution in [1.82, 2.24) is 16.0 Å². The van der Waals surface area contributed by atoms with Crippen LogP contribution in [0.3, 0.4) is 0 Å². The molecule has 1 heterocycles. The first kappa shape index (κ1) is 13.6. The van der Waals surface area contributed by atoms with Crippen molar-refractivity contribution >= 4 is 17.8 Å². The molecule has 6 heteroatoms. The van der Waals surface area contributed by atoms with E-state index in [2.05, 4.69) is 22.0 Å². The molecule has 6 nitrogen and oxygen atoms in total. The summed E-state index contributed by atoms with van der Waals surface area (Å²) in [5.74, 6) is -0.437. The van der Waals surface area contributed by atoms with Crippen molar-refractivity contribution < 1.29 is 14.4 Å². The normalized spacial score (nSPS) is 22.5. The molecule has 1 atom stereocenters. The van der Waals surface area contributed by atoms with Crippen molar-refractivity contribution in [3.63, 3.8) is 0 Å². The maximum Gasteiger partial charge on any atom is 0.322 e. The van der Waals surface area contributed by atoms with Crippen LogP contribution in [-0.2, 0) is 9.59 Å². The second kappa shape index (κ2) is 6.36. The Kier molecular flexibility index (Phi) is 4.54. The highest BCUT2D eigenvalue weighted by Gasteiger charge is 2.29. The molecule has 19 heavy (non-hydrogen) atoms. The molecule has 1 fully saturated rings. The third-order valence-electron chi connectivity index (χ3n) is 3.42. The summed E-state index contributed by atoms with van der Waals surface area (Å²) in [5, 5.41) is 7.47. The number of imide groups is 1. The standard InChI is InChI=1S/C13H19N3O3/c17-11(14-8-9-4-2-1-3-5-9)7-6-10-12(18)16-13(19)15-10/h4,10H,1-3,5-8H2,(H,14,17)(H2,15,16,18,19). The fourth-order valence-electron chi connectivity index (χ4n) is 2.30. The van der Waals surface area contributed by atoms with Crippen molar-refractivity contribution in [2.24, 2.45) is 0 Å². The molecular weight excluding hydrogens is 246 g/mol. The smallest absolute Gasteiger partial charge is 0.322 e. The topological polar surface area (TPSA) is 87.3 Å². The number of carbonyl (C=O) groups is 3. The van der Waals surface area contributed by atoms with Crippen LogP contribution in [0.25, 0.3) is 0 Å². The highest BCUT2D eigenvalue weighted by Crippen LogP contribution is 2.16. The monoisotopic (exact) mass is 265 g/mol. The van der Waals surface area contributed by atoms with Gasteiger partial charge >= 0.3 is 6.03 Å². The molecule has 2 aliphatic rings. The molecule has 4 amide bonds. The maximum absolute atomic E-state index is 11.6. The van der Waals surface area contributed by atoms with Crippen LogP contribution in [0.2, 0.25) is 0 Å². The fourth-order valence-corrected chi connectivity index (χ4v) is 2.30. The minimum atomic E-state index is -0.577. The van der Waals surface area contributed by atoms with Crippen molar-refractivity contribution in [2.75, 3.05) is 6.54 Å². The molecule has 0 aromatic carbocycles. The van der Waals surface area contributed by atoms with Crippen LogP contribution < -0.4 is 16.0 Å². The molecule has 0 spiro atoms. The molecule has 0 aromatic heterocycles. The number of allylic oxidation sites excluding steroid dienone is 1. The van der Waals surface area contributed by atoms with Crippen LogP contribution in [0, 0.1) is 0 Å². The lowest BCUT2D eigenvalue weighted by Crippen LogP contribution is -2.32. The van der Waals surface area contributed by atoms with Crippen LogP contribution in [-0.4, -0.2) is 30.4 Å². The maximum atomic E-state index is 11.6. The Hall–Kier alpha value is -1.85. The van der Waals surface area contributed by atoms with Crippen LogP contribution >= 0.6 is 0 Å². The highest BCUT2D eigenvalue weighted by atomic mass is 16.2. The molecule has 3 N–H and O–H groups in total. The minimum absolute atomic E-state index is 0.0829. The van der Waals surface area contributed by atoms with E-state index >= 15 is 0 Å². The number of urea groups is 1. The van der Waals surface area contributed by atoms with Gasteiger partial charge in [-0.2, -0.15) is 0 Å². The largest absolute Gasteiger partial charge is 0.352 e. The average molecular weight is 265 g/mol. The number of rotatable bonds is 5. The summed E-state index contributed by atoms with van der Waals surface area (Å²) < 4.78 is 0. The summed E-state index contributed by atoms with van der Waals surface area (Å²) in [6, 6.07) is -1.06. The lowest BCUT2D eigenvalue weighted by Gasteiger charge is -2.13. The number of amides is 4. The summed E-state index contributed by atoms with van der Waals surface area (Å²) in [7, 11) is 0. The first-order valence-corrected chi connectivity index (χ1v) is 6.71. The van der Waals surface area contributed by atoms with E-state index in [0.29, 0.717) is 13.0 Å². The molecule has 0 radical (unpaired) electrons. The highest BCUT2D eigenvalue weighted by molar-refractivity contribution is 6.04. The molecular formula is C13H19N3O3. The Balaban J connectivity index is 1.66. The molecule has 1 saturated heterocycles. The zero-order chi connectivity index (χ0) is 13.7. The Labute approximate surface area is 112 Å². The van der Waals surface area contributed by atoms with Crippen molar-refractivity contribution in [3.05, 3.63) is 11.6 Å². The van der Waals surface area contributed by atoms with Crippen LogP contribution in [0.15, 0.2) is 11.6 Å². The SMILES string of the molecule is O=C(CCC1NC(=O)NC1=O)NCC1=CCCCC1. The Morgan fingerprint density at radius 3 is 2.84 bits per heavy atom. The van der Waals surface area contributed by atoms with E-state index in [1.165, 1.54) is 18.4 Å².